The van der Waals surface area contributed by atoms with Crippen molar-refractivity contribution in [2.75, 3.05) is 32.7 Å². The number of carbonyl (C=O) groups is 1. The van der Waals surface area contributed by atoms with E-state index in [0.717, 1.165) is 5.56 Å². The molecule has 0 spiro atoms. The molecule has 138 valence electrons. The van der Waals surface area contributed by atoms with Gasteiger partial charge in [-0.25, -0.2) is 8.78 Å². The van der Waals surface area contributed by atoms with Gasteiger partial charge in [0.05, 0.1) is 12.1 Å². The maximum Gasteiger partial charge on any atom is 0.250 e. The molecule has 25 heavy (non-hydrogen) atoms. The molecule has 2 saturated heterocycles. The second-order valence-electron chi connectivity index (χ2n) is 7.41. The van der Waals surface area contributed by atoms with Crippen molar-refractivity contribution < 1.29 is 18.7 Å². The molecule has 6 heteroatoms. The lowest BCUT2D eigenvalue weighted by molar-refractivity contribution is -0.131. The Balaban J connectivity index is 1.46. The van der Waals surface area contributed by atoms with Gasteiger partial charge in [-0.3, -0.25) is 9.69 Å². The molecule has 0 bridgehead atoms. The third-order valence-corrected chi connectivity index (χ3v) is 5.26. The van der Waals surface area contributed by atoms with Crippen LogP contribution in [0, 0.1) is 0 Å². The Morgan fingerprint density at radius 1 is 1.08 bits per heavy atom. The van der Waals surface area contributed by atoms with E-state index in [0.29, 0.717) is 52.0 Å². The summed E-state index contributed by atoms with van der Waals surface area (Å²) in [5.41, 5.74) is 0.147. The van der Waals surface area contributed by atoms with Gasteiger partial charge in [-0.05, 0) is 18.4 Å². The highest BCUT2D eigenvalue weighted by molar-refractivity contribution is 5.77. The normalized spacial score (nSPS) is 26.8. The second kappa shape index (κ2) is 7.38. The Labute approximate surface area is 147 Å². The number of rotatable bonds is 5. The molecule has 1 aromatic carbocycles. The zero-order chi connectivity index (χ0) is 17.9. The average Bonchev–Trinajstić information content (AvgIpc) is 2.98. The van der Waals surface area contributed by atoms with Crippen molar-refractivity contribution in [1.29, 1.82) is 0 Å². The number of hydrogen-bond donors (Lipinski definition) is 1. The standard InChI is InChI=1S/C19H26F2N2O2/c20-19(21)9-11-22(12-10-19)14-18(25)8-13-23(15-18)17(24)7-6-16-4-2-1-3-5-16/h1-5,25H,6-15H2/t18-/m0/s1. The number of likely N-dealkylation sites (tertiary alicyclic amines) is 2. The van der Waals surface area contributed by atoms with Crippen molar-refractivity contribution in [3.63, 3.8) is 0 Å². The monoisotopic (exact) mass is 352 g/mol. The van der Waals surface area contributed by atoms with E-state index in [4.69, 9.17) is 0 Å². The molecule has 0 aliphatic carbocycles. The summed E-state index contributed by atoms with van der Waals surface area (Å²) in [6, 6.07) is 9.86. The maximum atomic E-state index is 13.2. The van der Waals surface area contributed by atoms with Crippen molar-refractivity contribution in [2.45, 2.75) is 43.6 Å². The number of alkyl halides is 2. The SMILES string of the molecule is O=C(CCc1ccccc1)N1CC[C@](O)(CN2CCC(F)(F)CC2)C1. The molecule has 0 radical (unpaired) electrons. The average molecular weight is 352 g/mol. The molecule has 2 aliphatic rings. The van der Waals surface area contributed by atoms with E-state index < -0.39 is 11.5 Å². The number of carbonyl (C=O) groups excluding carboxylic acids is 1. The van der Waals surface area contributed by atoms with Crippen molar-refractivity contribution in [2.24, 2.45) is 0 Å². The summed E-state index contributed by atoms with van der Waals surface area (Å²) >= 11 is 0. The third-order valence-electron chi connectivity index (χ3n) is 5.26. The molecule has 1 aromatic rings. The van der Waals surface area contributed by atoms with Gasteiger partial charge in [0.1, 0.15) is 0 Å². The zero-order valence-electron chi connectivity index (χ0n) is 14.5. The Hall–Kier alpha value is -1.53. The smallest absolute Gasteiger partial charge is 0.250 e. The molecule has 1 atom stereocenters. The predicted molar refractivity (Wildman–Crippen MR) is 91.5 cm³/mol. The van der Waals surface area contributed by atoms with Gasteiger partial charge in [-0.15, -0.1) is 0 Å². The highest BCUT2D eigenvalue weighted by atomic mass is 19.3. The van der Waals surface area contributed by atoms with Gasteiger partial charge in [0, 0.05) is 45.4 Å². The first-order chi connectivity index (χ1) is 11.9. The van der Waals surface area contributed by atoms with Crippen LogP contribution in [0.25, 0.3) is 0 Å². The molecule has 4 nitrogen and oxygen atoms in total. The Kier molecular flexibility index (Phi) is 5.39. The fourth-order valence-corrected chi connectivity index (χ4v) is 3.71. The van der Waals surface area contributed by atoms with Crippen LogP contribution < -0.4 is 0 Å². The first kappa shape index (κ1) is 18.3. The van der Waals surface area contributed by atoms with Crippen molar-refractivity contribution in [3.8, 4) is 0 Å². The molecular formula is C19H26F2N2O2. The molecule has 0 saturated carbocycles. The van der Waals surface area contributed by atoms with E-state index in [2.05, 4.69) is 0 Å². The maximum absolute atomic E-state index is 13.2. The van der Waals surface area contributed by atoms with Gasteiger partial charge in [0.2, 0.25) is 5.91 Å². The van der Waals surface area contributed by atoms with Gasteiger partial charge in [0.25, 0.3) is 5.92 Å². The quantitative estimate of drug-likeness (QED) is 0.884. The zero-order valence-corrected chi connectivity index (χ0v) is 14.5. The minimum atomic E-state index is -2.58. The fourth-order valence-electron chi connectivity index (χ4n) is 3.71. The molecule has 0 aromatic heterocycles. The third kappa shape index (κ3) is 4.98. The van der Waals surface area contributed by atoms with Crippen molar-refractivity contribution in [1.82, 2.24) is 9.80 Å². The van der Waals surface area contributed by atoms with E-state index in [9.17, 15) is 18.7 Å². The highest BCUT2D eigenvalue weighted by Gasteiger charge is 2.41. The topological polar surface area (TPSA) is 43.8 Å². The Bertz CT molecular complexity index is 586. The molecule has 3 rings (SSSR count). The van der Waals surface area contributed by atoms with Crippen LogP contribution in [0.4, 0.5) is 8.78 Å². The largest absolute Gasteiger partial charge is 0.387 e. The summed E-state index contributed by atoms with van der Waals surface area (Å²) in [5.74, 6) is -2.53. The summed E-state index contributed by atoms with van der Waals surface area (Å²) in [4.78, 5) is 16.0. The minimum Gasteiger partial charge on any atom is -0.387 e. The lowest BCUT2D eigenvalue weighted by Crippen LogP contribution is -2.49. The number of amides is 1. The minimum absolute atomic E-state index is 0.0463. The second-order valence-corrected chi connectivity index (χ2v) is 7.41. The summed E-state index contributed by atoms with van der Waals surface area (Å²) in [6.45, 7) is 1.81. The molecular weight excluding hydrogens is 326 g/mol. The number of β-amino-alcohol motifs (C(OH)–C–C–N with tert-alkyl or cyclic N) is 1. The lowest BCUT2D eigenvalue weighted by atomic mass is 10.00. The van der Waals surface area contributed by atoms with Crippen LogP contribution in [-0.2, 0) is 11.2 Å². The number of aliphatic hydroxyl groups is 1. The number of nitrogens with zero attached hydrogens (tertiary/aromatic N) is 2. The van der Waals surface area contributed by atoms with E-state index in [1.807, 2.05) is 35.2 Å². The van der Waals surface area contributed by atoms with Crippen LogP contribution in [0.3, 0.4) is 0 Å². The van der Waals surface area contributed by atoms with E-state index >= 15 is 0 Å². The van der Waals surface area contributed by atoms with Gasteiger partial charge < -0.3 is 10.0 Å². The molecule has 0 unspecified atom stereocenters. The first-order valence-corrected chi connectivity index (χ1v) is 9.00. The van der Waals surface area contributed by atoms with Crippen LogP contribution in [0.15, 0.2) is 30.3 Å². The number of aryl methyl sites for hydroxylation is 1. The fraction of sp³-hybridized carbons (Fsp3) is 0.632. The van der Waals surface area contributed by atoms with Crippen molar-refractivity contribution >= 4 is 5.91 Å². The van der Waals surface area contributed by atoms with E-state index in [-0.39, 0.29) is 18.7 Å². The predicted octanol–water partition coefficient (Wildman–Crippen LogP) is 2.31. The number of hydrogen-bond acceptors (Lipinski definition) is 3. The number of halogens is 2. The molecule has 1 amide bonds. The van der Waals surface area contributed by atoms with Gasteiger partial charge >= 0.3 is 0 Å². The molecule has 2 fully saturated rings. The van der Waals surface area contributed by atoms with Crippen LogP contribution in [0.2, 0.25) is 0 Å². The molecule has 1 N–H and O–H groups in total. The Morgan fingerprint density at radius 3 is 2.44 bits per heavy atom. The van der Waals surface area contributed by atoms with E-state index in [1.165, 1.54) is 0 Å². The van der Waals surface area contributed by atoms with Crippen LogP contribution in [0.1, 0.15) is 31.2 Å². The van der Waals surface area contributed by atoms with Gasteiger partial charge in [0.15, 0.2) is 0 Å². The van der Waals surface area contributed by atoms with Crippen LogP contribution in [0.5, 0.6) is 0 Å². The molecule has 2 heterocycles. The Morgan fingerprint density at radius 2 is 1.76 bits per heavy atom. The summed E-state index contributed by atoms with van der Waals surface area (Å²) < 4.78 is 26.5. The van der Waals surface area contributed by atoms with Gasteiger partial charge in [-0.1, -0.05) is 30.3 Å². The number of benzene rings is 1. The number of piperidine rings is 1. The summed E-state index contributed by atoms with van der Waals surface area (Å²) in [6.07, 6.45) is 1.33. The first-order valence-electron chi connectivity index (χ1n) is 9.00. The van der Waals surface area contributed by atoms with Crippen molar-refractivity contribution in [3.05, 3.63) is 35.9 Å². The lowest BCUT2D eigenvalue weighted by Gasteiger charge is -2.36. The summed E-state index contributed by atoms with van der Waals surface area (Å²) in [5, 5.41) is 10.8. The summed E-state index contributed by atoms with van der Waals surface area (Å²) in [7, 11) is 0. The van der Waals surface area contributed by atoms with Crippen LogP contribution >= 0.6 is 0 Å². The highest BCUT2D eigenvalue weighted by Crippen LogP contribution is 2.30. The molecule has 2 aliphatic heterocycles. The van der Waals surface area contributed by atoms with E-state index in [1.54, 1.807) is 4.90 Å². The van der Waals surface area contributed by atoms with Crippen LogP contribution in [-0.4, -0.2) is 65.1 Å². The van der Waals surface area contributed by atoms with Gasteiger partial charge in [-0.2, -0.15) is 0 Å².